The van der Waals surface area contributed by atoms with Gasteiger partial charge in [-0.3, -0.25) is 9.10 Å². The lowest BCUT2D eigenvalue weighted by atomic mass is 10.2. The van der Waals surface area contributed by atoms with E-state index in [2.05, 4.69) is 10.5 Å². The van der Waals surface area contributed by atoms with Gasteiger partial charge in [0, 0.05) is 5.56 Å². The second-order valence-corrected chi connectivity index (χ2v) is 8.77. The Morgan fingerprint density at radius 2 is 1.81 bits per heavy atom. The highest BCUT2D eigenvalue weighted by Crippen LogP contribution is 2.31. The molecule has 0 spiro atoms. The van der Waals surface area contributed by atoms with Crippen LogP contribution in [0.5, 0.6) is 11.5 Å². The first kappa shape index (κ1) is 23.1. The third-order valence-electron chi connectivity index (χ3n) is 4.37. The smallest absolute Gasteiger partial charge is 0.264 e. The molecule has 8 nitrogen and oxygen atoms in total. The summed E-state index contributed by atoms with van der Waals surface area (Å²) < 4.78 is 32.6. The van der Waals surface area contributed by atoms with E-state index in [4.69, 9.17) is 16.3 Å². The lowest BCUT2D eigenvalue weighted by Gasteiger charge is -2.24. The van der Waals surface area contributed by atoms with Crippen LogP contribution in [-0.4, -0.2) is 39.3 Å². The summed E-state index contributed by atoms with van der Waals surface area (Å²) in [5.74, 6) is -0.334. The van der Waals surface area contributed by atoms with Gasteiger partial charge in [-0.1, -0.05) is 41.9 Å². The number of phenolic OH excluding ortho intramolecular Hbond substituents is 1. The molecule has 3 aromatic rings. The number of ether oxygens (including phenoxy) is 1. The minimum atomic E-state index is -4.09. The number of nitrogens with one attached hydrogen (secondary N) is 1. The van der Waals surface area contributed by atoms with Crippen LogP contribution in [-0.2, 0) is 14.8 Å². The molecule has 0 saturated heterocycles. The number of amides is 1. The molecule has 0 aromatic heterocycles. The molecule has 0 radical (unpaired) electrons. The molecule has 0 bridgehead atoms. The summed E-state index contributed by atoms with van der Waals surface area (Å²) in [6, 6.07) is 18.6. The van der Waals surface area contributed by atoms with E-state index in [0.717, 1.165) is 4.31 Å². The zero-order valence-electron chi connectivity index (χ0n) is 17.0. The molecule has 0 fully saturated rings. The Morgan fingerprint density at radius 3 is 2.47 bits per heavy atom. The third-order valence-corrected chi connectivity index (χ3v) is 6.45. The van der Waals surface area contributed by atoms with Gasteiger partial charge in [0.25, 0.3) is 15.9 Å². The lowest BCUT2D eigenvalue weighted by molar-refractivity contribution is -0.119. The normalized spacial score (nSPS) is 11.3. The van der Waals surface area contributed by atoms with Crippen LogP contribution in [0.15, 0.2) is 82.8 Å². The molecule has 3 aromatic carbocycles. The zero-order chi connectivity index (χ0) is 23.1. The molecule has 32 heavy (non-hydrogen) atoms. The number of methoxy groups -OCH3 is 1. The van der Waals surface area contributed by atoms with Gasteiger partial charge in [0.05, 0.1) is 28.9 Å². The van der Waals surface area contributed by atoms with Gasteiger partial charge < -0.3 is 9.84 Å². The second kappa shape index (κ2) is 10.2. The van der Waals surface area contributed by atoms with Gasteiger partial charge in [0.15, 0.2) is 0 Å². The Balaban J connectivity index is 1.88. The van der Waals surface area contributed by atoms with Crippen LogP contribution in [0.25, 0.3) is 0 Å². The summed E-state index contributed by atoms with van der Waals surface area (Å²) >= 11 is 6.18. The van der Waals surface area contributed by atoms with Gasteiger partial charge in [-0.2, -0.15) is 5.10 Å². The van der Waals surface area contributed by atoms with Crippen molar-refractivity contribution in [2.75, 3.05) is 18.0 Å². The number of aromatic hydroxyl groups is 1. The minimum Gasteiger partial charge on any atom is -0.507 e. The molecule has 3 rings (SSSR count). The molecule has 10 heteroatoms. The highest BCUT2D eigenvalue weighted by molar-refractivity contribution is 7.92. The molecule has 2 N–H and O–H groups in total. The molecule has 166 valence electrons. The molecule has 0 unspecified atom stereocenters. The molecular formula is C22H20ClN3O5S. The topological polar surface area (TPSA) is 108 Å². The Bertz CT molecular complexity index is 1230. The Hall–Kier alpha value is -3.56. The van der Waals surface area contributed by atoms with E-state index in [9.17, 15) is 18.3 Å². The van der Waals surface area contributed by atoms with E-state index in [1.165, 1.54) is 49.7 Å². The number of carbonyl (C=O) groups excluding carboxylic acids is 1. The Morgan fingerprint density at radius 1 is 1.12 bits per heavy atom. The van der Waals surface area contributed by atoms with Gasteiger partial charge in [-0.05, 0) is 42.5 Å². The molecular weight excluding hydrogens is 454 g/mol. The van der Waals surface area contributed by atoms with Crippen molar-refractivity contribution in [2.45, 2.75) is 4.90 Å². The van der Waals surface area contributed by atoms with E-state index < -0.39 is 22.5 Å². The zero-order valence-corrected chi connectivity index (χ0v) is 18.5. The summed E-state index contributed by atoms with van der Waals surface area (Å²) in [6.45, 7) is -0.558. The highest BCUT2D eigenvalue weighted by Gasteiger charge is 2.27. The van der Waals surface area contributed by atoms with E-state index in [1.807, 2.05) is 0 Å². The summed E-state index contributed by atoms with van der Waals surface area (Å²) in [6.07, 6.45) is 1.26. The molecule has 0 heterocycles. The fourth-order valence-corrected chi connectivity index (χ4v) is 4.47. The summed E-state index contributed by atoms with van der Waals surface area (Å²) in [7, 11) is -2.65. The van der Waals surface area contributed by atoms with Gasteiger partial charge in [0.2, 0.25) is 0 Å². The predicted molar refractivity (Wildman–Crippen MR) is 123 cm³/mol. The quantitative estimate of drug-likeness (QED) is 0.385. The number of hydrogen-bond acceptors (Lipinski definition) is 6. The van der Waals surface area contributed by atoms with Gasteiger partial charge in [-0.15, -0.1) is 0 Å². The van der Waals surface area contributed by atoms with Crippen molar-refractivity contribution in [3.05, 3.63) is 83.4 Å². The van der Waals surface area contributed by atoms with E-state index in [0.29, 0.717) is 11.3 Å². The largest absolute Gasteiger partial charge is 0.507 e. The fourth-order valence-electron chi connectivity index (χ4n) is 2.78. The SMILES string of the molecule is COc1ccc(N(CC(=O)NN=Cc2ccccc2O)S(=O)(=O)c2ccccc2)cc1Cl. The number of anilines is 1. The van der Waals surface area contributed by atoms with Crippen LogP contribution in [0.2, 0.25) is 5.02 Å². The Labute approximate surface area is 190 Å². The first-order valence-corrected chi connectivity index (χ1v) is 11.2. The van der Waals surface area contributed by atoms with Crippen molar-refractivity contribution in [3.63, 3.8) is 0 Å². The number of para-hydroxylation sites is 1. The third kappa shape index (κ3) is 5.37. The molecule has 0 aliphatic rings. The first-order chi connectivity index (χ1) is 15.3. The molecule has 0 atom stereocenters. The number of benzene rings is 3. The second-order valence-electron chi connectivity index (χ2n) is 6.50. The predicted octanol–water partition coefficient (Wildman–Crippen LogP) is 3.40. The van der Waals surface area contributed by atoms with Crippen LogP contribution in [0.3, 0.4) is 0 Å². The maximum Gasteiger partial charge on any atom is 0.264 e. The number of hydrogen-bond donors (Lipinski definition) is 2. The number of carbonyl (C=O) groups is 1. The highest BCUT2D eigenvalue weighted by atomic mass is 35.5. The Kier molecular flexibility index (Phi) is 7.34. The number of sulfonamides is 1. The van der Waals surface area contributed by atoms with Crippen molar-refractivity contribution in [1.29, 1.82) is 0 Å². The van der Waals surface area contributed by atoms with E-state index in [1.54, 1.807) is 36.4 Å². The summed E-state index contributed by atoms with van der Waals surface area (Å²) in [5.41, 5.74) is 2.85. The van der Waals surface area contributed by atoms with Crippen molar-refractivity contribution in [2.24, 2.45) is 5.10 Å². The maximum absolute atomic E-state index is 13.3. The molecule has 0 aliphatic heterocycles. The molecule has 1 amide bonds. The van der Waals surface area contributed by atoms with Crippen molar-refractivity contribution in [3.8, 4) is 11.5 Å². The summed E-state index contributed by atoms with van der Waals surface area (Å²) in [4.78, 5) is 12.5. The van der Waals surface area contributed by atoms with Crippen LogP contribution >= 0.6 is 11.6 Å². The fraction of sp³-hybridized carbons (Fsp3) is 0.0909. The first-order valence-electron chi connectivity index (χ1n) is 9.34. The maximum atomic E-state index is 13.3. The molecule has 0 aliphatic carbocycles. The number of phenols is 1. The average Bonchev–Trinajstić information content (AvgIpc) is 2.79. The van der Waals surface area contributed by atoms with Crippen molar-refractivity contribution >= 4 is 39.4 Å². The average molecular weight is 474 g/mol. The monoisotopic (exact) mass is 473 g/mol. The summed E-state index contributed by atoms with van der Waals surface area (Å²) in [5, 5.41) is 13.7. The number of rotatable bonds is 8. The van der Waals surface area contributed by atoms with Crippen LogP contribution < -0.4 is 14.5 Å². The van der Waals surface area contributed by atoms with Crippen LogP contribution in [0.1, 0.15) is 5.56 Å². The standard InChI is InChI=1S/C22H20ClN3O5S/c1-31-21-12-11-17(13-19(21)23)26(32(29,30)18-8-3-2-4-9-18)15-22(28)25-24-14-16-7-5-6-10-20(16)27/h2-14,27H,15H2,1H3,(H,25,28). The van der Waals surface area contributed by atoms with Crippen molar-refractivity contribution in [1.82, 2.24) is 5.43 Å². The van der Waals surface area contributed by atoms with E-state index >= 15 is 0 Å². The van der Waals surface area contributed by atoms with E-state index in [-0.39, 0.29) is 21.4 Å². The van der Waals surface area contributed by atoms with Crippen LogP contribution in [0.4, 0.5) is 5.69 Å². The number of hydrazone groups is 1. The van der Waals surface area contributed by atoms with Gasteiger partial charge >= 0.3 is 0 Å². The van der Waals surface area contributed by atoms with Gasteiger partial charge in [-0.25, -0.2) is 13.8 Å². The number of halogens is 1. The number of nitrogens with zero attached hydrogens (tertiary/aromatic N) is 2. The van der Waals surface area contributed by atoms with Crippen LogP contribution in [0, 0.1) is 0 Å². The van der Waals surface area contributed by atoms with Gasteiger partial charge in [0.1, 0.15) is 18.0 Å². The van der Waals surface area contributed by atoms with Crippen molar-refractivity contribution < 1.29 is 23.1 Å². The minimum absolute atomic E-state index is 0.00773. The lowest BCUT2D eigenvalue weighted by Crippen LogP contribution is -2.39. The molecule has 0 saturated carbocycles.